The standard InChI is InChI=1S/C14H14FN5/c15-8-2-3-9-10(6-8)19-12(18-9)11-7-17-13(20-11)14(16)4-1-5-14/h2-3,6-7H,1,4-5,16H2,(H,17,20)(H,18,19). The maximum atomic E-state index is 13.2. The second-order valence-electron chi connectivity index (χ2n) is 5.40. The van der Waals surface area contributed by atoms with Crippen molar-refractivity contribution in [3.05, 3.63) is 36.0 Å². The first-order valence-electron chi connectivity index (χ1n) is 6.64. The molecule has 0 atom stereocenters. The first-order chi connectivity index (χ1) is 9.64. The van der Waals surface area contributed by atoms with Gasteiger partial charge < -0.3 is 15.7 Å². The molecule has 3 aromatic rings. The average Bonchev–Trinajstić information content (AvgIpc) is 3.01. The number of halogens is 1. The summed E-state index contributed by atoms with van der Waals surface area (Å²) in [6.45, 7) is 0. The van der Waals surface area contributed by atoms with Crippen molar-refractivity contribution in [2.75, 3.05) is 0 Å². The predicted molar refractivity (Wildman–Crippen MR) is 73.3 cm³/mol. The minimum atomic E-state index is -0.323. The molecule has 1 saturated carbocycles. The molecule has 2 heterocycles. The van der Waals surface area contributed by atoms with Crippen molar-refractivity contribution in [1.29, 1.82) is 0 Å². The van der Waals surface area contributed by atoms with Gasteiger partial charge in [-0.15, -0.1) is 0 Å². The number of rotatable bonds is 2. The highest BCUT2D eigenvalue weighted by atomic mass is 19.1. The van der Waals surface area contributed by atoms with Crippen molar-refractivity contribution < 1.29 is 4.39 Å². The molecular formula is C14H14FN5. The maximum Gasteiger partial charge on any atom is 0.156 e. The predicted octanol–water partition coefficient (Wildman–Crippen LogP) is 2.43. The Morgan fingerprint density at radius 1 is 1.25 bits per heavy atom. The van der Waals surface area contributed by atoms with Crippen molar-refractivity contribution in [3.8, 4) is 11.5 Å². The molecule has 1 fully saturated rings. The van der Waals surface area contributed by atoms with E-state index in [1.165, 1.54) is 12.1 Å². The van der Waals surface area contributed by atoms with Gasteiger partial charge in [0.1, 0.15) is 17.3 Å². The number of nitrogens with one attached hydrogen (secondary N) is 2. The molecule has 0 amide bonds. The second kappa shape index (κ2) is 3.89. The van der Waals surface area contributed by atoms with Crippen LogP contribution in [-0.4, -0.2) is 19.9 Å². The molecule has 0 unspecified atom stereocenters. The molecule has 1 aliphatic rings. The SMILES string of the molecule is NC1(c2ncc(-c3nc4ccc(F)cc4[nH]3)[nH]2)CCC1. The Morgan fingerprint density at radius 2 is 2.10 bits per heavy atom. The lowest BCUT2D eigenvalue weighted by molar-refractivity contribution is 0.240. The third-order valence-electron chi connectivity index (χ3n) is 3.99. The number of H-pyrrole nitrogens is 2. The Balaban J connectivity index is 1.75. The maximum absolute atomic E-state index is 13.2. The Kier molecular flexibility index (Phi) is 2.26. The number of hydrogen-bond acceptors (Lipinski definition) is 3. The van der Waals surface area contributed by atoms with Gasteiger partial charge in [0.05, 0.1) is 22.8 Å². The molecule has 0 saturated heterocycles. The summed E-state index contributed by atoms with van der Waals surface area (Å²) in [6.07, 6.45) is 4.75. The Hall–Kier alpha value is -2.21. The van der Waals surface area contributed by atoms with E-state index in [0.717, 1.165) is 36.3 Å². The normalized spacial score (nSPS) is 17.3. The summed E-state index contributed by atoms with van der Waals surface area (Å²) in [5, 5.41) is 0. The molecule has 0 aliphatic heterocycles. The van der Waals surface area contributed by atoms with Crippen LogP contribution in [0.5, 0.6) is 0 Å². The van der Waals surface area contributed by atoms with Crippen molar-refractivity contribution >= 4 is 11.0 Å². The van der Waals surface area contributed by atoms with E-state index in [4.69, 9.17) is 5.73 Å². The molecular weight excluding hydrogens is 257 g/mol. The molecule has 6 heteroatoms. The Morgan fingerprint density at radius 3 is 2.85 bits per heavy atom. The summed E-state index contributed by atoms with van der Waals surface area (Å²) in [7, 11) is 0. The number of aromatic amines is 2. The van der Waals surface area contributed by atoms with Gasteiger partial charge in [-0.25, -0.2) is 14.4 Å². The zero-order valence-electron chi connectivity index (χ0n) is 10.8. The van der Waals surface area contributed by atoms with Crippen LogP contribution in [0.2, 0.25) is 0 Å². The topological polar surface area (TPSA) is 83.4 Å². The molecule has 20 heavy (non-hydrogen) atoms. The van der Waals surface area contributed by atoms with Gasteiger partial charge in [0.15, 0.2) is 5.82 Å². The van der Waals surface area contributed by atoms with Gasteiger partial charge >= 0.3 is 0 Å². The summed E-state index contributed by atoms with van der Waals surface area (Å²) in [4.78, 5) is 15.1. The summed E-state index contributed by atoms with van der Waals surface area (Å²) >= 11 is 0. The molecule has 102 valence electrons. The van der Waals surface area contributed by atoms with E-state index in [0.29, 0.717) is 11.3 Å². The van der Waals surface area contributed by atoms with Crippen molar-refractivity contribution in [1.82, 2.24) is 19.9 Å². The Bertz CT molecular complexity index is 784. The highest BCUT2D eigenvalue weighted by Crippen LogP contribution is 2.37. The first-order valence-corrected chi connectivity index (χ1v) is 6.64. The third kappa shape index (κ3) is 1.65. The van der Waals surface area contributed by atoms with E-state index >= 15 is 0 Å². The zero-order chi connectivity index (χ0) is 13.7. The average molecular weight is 271 g/mol. The van der Waals surface area contributed by atoms with Crippen LogP contribution in [0, 0.1) is 5.82 Å². The van der Waals surface area contributed by atoms with Crippen molar-refractivity contribution in [3.63, 3.8) is 0 Å². The number of nitrogens with two attached hydrogens (primary N) is 1. The van der Waals surface area contributed by atoms with Gasteiger partial charge in [-0.3, -0.25) is 0 Å². The van der Waals surface area contributed by atoms with Gasteiger partial charge in [0.25, 0.3) is 0 Å². The quantitative estimate of drug-likeness (QED) is 0.669. The van der Waals surface area contributed by atoms with E-state index in [1.807, 2.05) is 0 Å². The van der Waals surface area contributed by atoms with Crippen LogP contribution in [-0.2, 0) is 5.54 Å². The molecule has 0 bridgehead atoms. The fourth-order valence-corrected chi connectivity index (χ4v) is 2.60. The van der Waals surface area contributed by atoms with Gasteiger partial charge in [0.2, 0.25) is 0 Å². The number of nitrogens with zero attached hydrogens (tertiary/aromatic N) is 2. The smallest absolute Gasteiger partial charge is 0.156 e. The van der Waals surface area contributed by atoms with Gasteiger partial charge in [0, 0.05) is 0 Å². The van der Waals surface area contributed by atoms with Crippen LogP contribution >= 0.6 is 0 Å². The summed E-state index contributed by atoms with van der Waals surface area (Å²) in [5.41, 5.74) is 8.08. The summed E-state index contributed by atoms with van der Waals surface area (Å²) in [5.74, 6) is 1.16. The number of aromatic nitrogens is 4. The summed E-state index contributed by atoms with van der Waals surface area (Å²) < 4.78 is 13.2. The van der Waals surface area contributed by atoms with Gasteiger partial charge in [-0.2, -0.15) is 0 Å². The van der Waals surface area contributed by atoms with E-state index in [-0.39, 0.29) is 11.4 Å². The monoisotopic (exact) mass is 271 g/mol. The first kappa shape index (κ1) is 11.6. The Labute approximate surface area is 114 Å². The van der Waals surface area contributed by atoms with Crippen LogP contribution in [0.1, 0.15) is 25.1 Å². The van der Waals surface area contributed by atoms with E-state index in [1.54, 1.807) is 12.3 Å². The number of benzene rings is 1. The minimum Gasteiger partial charge on any atom is -0.338 e. The third-order valence-corrected chi connectivity index (χ3v) is 3.99. The van der Waals surface area contributed by atoms with Crippen LogP contribution < -0.4 is 5.73 Å². The molecule has 5 nitrogen and oxygen atoms in total. The molecule has 2 aromatic heterocycles. The largest absolute Gasteiger partial charge is 0.338 e. The lowest BCUT2D eigenvalue weighted by Gasteiger charge is -2.35. The number of imidazole rings is 2. The molecule has 0 radical (unpaired) electrons. The lowest BCUT2D eigenvalue weighted by atomic mass is 9.77. The number of hydrogen-bond donors (Lipinski definition) is 3. The van der Waals surface area contributed by atoms with Gasteiger partial charge in [-0.1, -0.05) is 0 Å². The fraction of sp³-hybridized carbons (Fsp3) is 0.286. The van der Waals surface area contributed by atoms with Crippen molar-refractivity contribution in [2.45, 2.75) is 24.8 Å². The molecule has 0 spiro atoms. The number of fused-ring (bicyclic) bond motifs is 1. The van der Waals surface area contributed by atoms with Crippen LogP contribution in [0.25, 0.3) is 22.6 Å². The second-order valence-corrected chi connectivity index (χ2v) is 5.40. The fourth-order valence-electron chi connectivity index (χ4n) is 2.60. The molecule has 4 rings (SSSR count). The zero-order valence-corrected chi connectivity index (χ0v) is 10.8. The summed E-state index contributed by atoms with van der Waals surface area (Å²) in [6, 6.07) is 4.48. The van der Waals surface area contributed by atoms with Gasteiger partial charge in [-0.05, 0) is 37.5 Å². The molecule has 4 N–H and O–H groups in total. The minimum absolute atomic E-state index is 0.284. The highest BCUT2D eigenvalue weighted by Gasteiger charge is 2.37. The van der Waals surface area contributed by atoms with Crippen LogP contribution in [0.3, 0.4) is 0 Å². The molecule has 1 aromatic carbocycles. The van der Waals surface area contributed by atoms with E-state index < -0.39 is 0 Å². The van der Waals surface area contributed by atoms with E-state index in [9.17, 15) is 4.39 Å². The van der Waals surface area contributed by atoms with Crippen LogP contribution in [0.15, 0.2) is 24.4 Å². The van der Waals surface area contributed by atoms with Crippen molar-refractivity contribution in [2.24, 2.45) is 5.73 Å². The molecule has 1 aliphatic carbocycles. The van der Waals surface area contributed by atoms with Crippen LogP contribution in [0.4, 0.5) is 4.39 Å². The van der Waals surface area contributed by atoms with E-state index in [2.05, 4.69) is 19.9 Å². The highest BCUT2D eigenvalue weighted by molar-refractivity contribution is 5.78. The lowest BCUT2D eigenvalue weighted by Crippen LogP contribution is -2.44.